The van der Waals surface area contributed by atoms with Crippen LogP contribution in [0.25, 0.3) is 22.3 Å². The molecule has 202 valence electrons. The summed E-state index contributed by atoms with van der Waals surface area (Å²) < 4.78 is 46.6. The third kappa shape index (κ3) is 5.04. The number of hydrogen-bond donors (Lipinski definition) is 3. The molecule has 2 aromatic heterocycles. The quantitative estimate of drug-likeness (QED) is 0.430. The fraction of sp³-hybridized carbons (Fsp3) is 0.462. The number of amides is 2. The zero-order valence-corrected chi connectivity index (χ0v) is 20.9. The van der Waals surface area contributed by atoms with E-state index in [0.29, 0.717) is 30.2 Å². The lowest BCUT2D eigenvalue weighted by molar-refractivity contribution is -0.137. The van der Waals surface area contributed by atoms with Crippen molar-refractivity contribution in [2.75, 3.05) is 19.8 Å². The first-order chi connectivity index (χ1) is 18.1. The molecule has 3 heterocycles. The Morgan fingerprint density at radius 3 is 2.71 bits per heavy atom. The number of likely N-dealkylation sites (tertiary alicyclic amines) is 1. The van der Waals surface area contributed by atoms with Gasteiger partial charge in [0, 0.05) is 29.9 Å². The van der Waals surface area contributed by atoms with E-state index in [2.05, 4.69) is 20.3 Å². The number of nitrogens with one attached hydrogen (secondary N) is 2. The van der Waals surface area contributed by atoms with E-state index in [9.17, 15) is 27.9 Å². The van der Waals surface area contributed by atoms with Gasteiger partial charge in [-0.25, -0.2) is 9.97 Å². The molecule has 2 atom stereocenters. The zero-order chi connectivity index (χ0) is 27.2. The molecule has 2 fully saturated rings. The Morgan fingerprint density at radius 2 is 2.03 bits per heavy atom. The molecule has 1 aromatic carbocycles. The van der Waals surface area contributed by atoms with Gasteiger partial charge in [-0.05, 0) is 57.2 Å². The molecule has 0 bridgehead atoms. The number of ether oxygens (including phenoxy) is 1. The number of aliphatic hydroxyl groups is 1. The molecule has 38 heavy (non-hydrogen) atoms. The van der Waals surface area contributed by atoms with E-state index in [1.54, 1.807) is 6.92 Å². The van der Waals surface area contributed by atoms with Gasteiger partial charge in [-0.15, -0.1) is 0 Å². The average Bonchev–Trinajstić information content (AvgIpc) is 3.54. The summed E-state index contributed by atoms with van der Waals surface area (Å²) in [4.78, 5) is 38.4. The van der Waals surface area contributed by atoms with E-state index in [-0.39, 0.29) is 46.7 Å². The Kier molecular flexibility index (Phi) is 6.76. The fourth-order valence-electron chi connectivity index (χ4n) is 4.94. The van der Waals surface area contributed by atoms with Gasteiger partial charge in [0.05, 0.1) is 23.3 Å². The van der Waals surface area contributed by atoms with Gasteiger partial charge < -0.3 is 25.0 Å². The van der Waals surface area contributed by atoms with Crippen LogP contribution >= 0.6 is 0 Å². The Morgan fingerprint density at radius 1 is 1.26 bits per heavy atom. The molecule has 0 spiro atoms. The van der Waals surface area contributed by atoms with Crippen LogP contribution in [0.3, 0.4) is 0 Å². The molecular formula is C26H28F3N5O4. The first kappa shape index (κ1) is 26.0. The lowest BCUT2D eigenvalue weighted by Gasteiger charge is -2.19. The van der Waals surface area contributed by atoms with Crippen LogP contribution in [0.4, 0.5) is 13.2 Å². The molecule has 0 unspecified atom stereocenters. The second-order valence-corrected chi connectivity index (χ2v) is 9.99. The largest absolute Gasteiger partial charge is 0.493 e. The van der Waals surface area contributed by atoms with Crippen molar-refractivity contribution in [3.63, 3.8) is 0 Å². The highest BCUT2D eigenvalue weighted by molar-refractivity contribution is 6.09. The van der Waals surface area contributed by atoms with Crippen LogP contribution in [-0.4, -0.2) is 68.6 Å². The van der Waals surface area contributed by atoms with Gasteiger partial charge in [0.1, 0.15) is 29.9 Å². The molecule has 1 aliphatic carbocycles. The second kappa shape index (κ2) is 9.90. The van der Waals surface area contributed by atoms with Gasteiger partial charge in [-0.3, -0.25) is 9.59 Å². The van der Waals surface area contributed by atoms with Crippen molar-refractivity contribution in [1.82, 2.24) is 25.2 Å². The number of halogens is 3. The van der Waals surface area contributed by atoms with Gasteiger partial charge in [0.25, 0.3) is 5.91 Å². The molecule has 1 saturated carbocycles. The molecule has 3 aromatic rings. The van der Waals surface area contributed by atoms with Crippen molar-refractivity contribution < 1.29 is 32.6 Å². The number of hydrogen-bond acceptors (Lipinski definition) is 6. The van der Waals surface area contributed by atoms with Crippen molar-refractivity contribution in [3.8, 4) is 17.0 Å². The smallest absolute Gasteiger partial charge is 0.416 e. The highest BCUT2D eigenvalue weighted by Gasteiger charge is 2.35. The highest BCUT2D eigenvalue weighted by atomic mass is 19.4. The van der Waals surface area contributed by atoms with E-state index in [1.165, 1.54) is 17.3 Å². The fourth-order valence-corrected chi connectivity index (χ4v) is 4.94. The molecule has 2 amide bonds. The minimum Gasteiger partial charge on any atom is -0.493 e. The summed E-state index contributed by atoms with van der Waals surface area (Å²) in [5.41, 5.74) is 0.827. The Labute approximate surface area is 216 Å². The highest BCUT2D eigenvalue weighted by Crippen LogP contribution is 2.40. The monoisotopic (exact) mass is 531 g/mol. The topological polar surface area (TPSA) is 120 Å². The Balaban J connectivity index is 1.49. The van der Waals surface area contributed by atoms with Gasteiger partial charge in [-0.2, -0.15) is 13.2 Å². The second-order valence-electron chi connectivity index (χ2n) is 9.99. The molecular weight excluding hydrogens is 503 g/mol. The third-order valence-corrected chi connectivity index (χ3v) is 7.10. The van der Waals surface area contributed by atoms with E-state index in [4.69, 9.17) is 4.74 Å². The number of H-pyrrole nitrogens is 1. The summed E-state index contributed by atoms with van der Waals surface area (Å²) in [6.07, 6.45) is -0.783. The van der Waals surface area contributed by atoms with E-state index < -0.39 is 30.2 Å². The first-order valence-electron chi connectivity index (χ1n) is 12.5. The number of nitrogens with zero attached hydrogens (tertiary/aromatic N) is 3. The maximum absolute atomic E-state index is 13.6. The molecule has 1 aliphatic heterocycles. The number of aromatic nitrogens is 3. The van der Waals surface area contributed by atoms with Crippen LogP contribution in [0.5, 0.6) is 5.75 Å². The van der Waals surface area contributed by atoms with Gasteiger partial charge in [0.15, 0.2) is 0 Å². The number of rotatable bonds is 7. The van der Waals surface area contributed by atoms with Crippen molar-refractivity contribution in [1.29, 1.82) is 0 Å². The van der Waals surface area contributed by atoms with Gasteiger partial charge >= 0.3 is 6.18 Å². The predicted molar refractivity (Wildman–Crippen MR) is 131 cm³/mol. The van der Waals surface area contributed by atoms with Gasteiger partial charge in [-0.1, -0.05) is 0 Å². The van der Waals surface area contributed by atoms with Crippen LogP contribution in [0.1, 0.15) is 47.8 Å². The van der Waals surface area contributed by atoms with Crippen LogP contribution < -0.4 is 10.1 Å². The number of carbonyl (C=O) groups excluding carboxylic acids is 2. The van der Waals surface area contributed by atoms with Crippen molar-refractivity contribution >= 4 is 22.8 Å². The Hall–Kier alpha value is -3.67. The molecule has 3 N–H and O–H groups in total. The summed E-state index contributed by atoms with van der Waals surface area (Å²) >= 11 is 0. The minimum atomic E-state index is -4.56. The third-order valence-electron chi connectivity index (χ3n) is 7.10. The number of aliphatic hydroxyl groups excluding tert-OH is 1. The number of benzene rings is 1. The van der Waals surface area contributed by atoms with Crippen molar-refractivity contribution in [2.45, 2.75) is 51.4 Å². The van der Waals surface area contributed by atoms with Crippen LogP contribution in [0.15, 0.2) is 24.5 Å². The molecule has 1 saturated heterocycles. The van der Waals surface area contributed by atoms with Crippen molar-refractivity contribution in [3.05, 3.63) is 41.3 Å². The average molecular weight is 532 g/mol. The predicted octanol–water partition coefficient (Wildman–Crippen LogP) is 3.45. The SMILES string of the molecule is Cc1[nH]c2c(-c3cc(C(F)(F)F)ccc3OCC3CC3)ncnc2c1C(=O)N[C@H]1C[C@@H](C)N(C(=O)CO)C1. The standard InChI is InChI=1S/C26H28F3N5O4/c1-13-7-17(9-34(13)20(36)10-35)33-25(37)21-14(2)32-24-22(30-12-31-23(21)24)18-8-16(26(27,28)29)5-6-19(18)38-11-15-3-4-15/h5-6,8,12-13,15,17,32,35H,3-4,7,9-11H2,1-2H3,(H,33,37)/t13-,17+/m1/s1. The molecule has 12 heteroatoms. The van der Waals surface area contributed by atoms with Crippen LogP contribution in [0.2, 0.25) is 0 Å². The zero-order valence-electron chi connectivity index (χ0n) is 20.9. The number of carbonyl (C=O) groups is 2. The lowest BCUT2D eigenvalue weighted by atomic mass is 10.0. The lowest BCUT2D eigenvalue weighted by Crippen LogP contribution is -2.40. The molecule has 5 rings (SSSR count). The van der Waals surface area contributed by atoms with Gasteiger partial charge in [0.2, 0.25) is 5.91 Å². The molecule has 9 nitrogen and oxygen atoms in total. The molecule has 0 radical (unpaired) electrons. The number of aromatic amines is 1. The number of fused-ring (bicyclic) bond motifs is 1. The summed E-state index contributed by atoms with van der Waals surface area (Å²) in [7, 11) is 0. The maximum atomic E-state index is 13.6. The minimum absolute atomic E-state index is 0.145. The van der Waals surface area contributed by atoms with E-state index >= 15 is 0 Å². The number of aryl methyl sites for hydroxylation is 1. The normalized spacial score (nSPS) is 19.7. The number of alkyl halides is 3. The van der Waals surface area contributed by atoms with E-state index in [1.807, 2.05) is 6.92 Å². The van der Waals surface area contributed by atoms with E-state index in [0.717, 1.165) is 25.0 Å². The van der Waals surface area contributed by atoms with Crippen LogP contribution in [-0.2, 0) is 11.0 Å². The van der Waals surface area contributed by atoms with Crippen molar-refractivity contribution in [2.24, 2.45) is 5.92 Å². The Bertz CT molecular complexity index is 1390. The molecule has 2 aliphatic rings. The summed E-state index contributed by atoms with van der Waals surface area (Å²) in [5, 5.41) is 12.1. The maximum Gasteiger partial charge on any atom is 0.416 e. The first-order valence-corrected chi connectivity index (χ1v) is 12.5. The van der Waals surface area contributed by atoms with Crippen LogP contribution in [0, 0.1) is 12.8 Å². The summed E-state index contributed by atoms with van der Waals surface area (Å²) in [6.45, 7) is 3.58. The summed E-state index contributed by atoms with van der Waals surface area (Å²) in [5.74, 6) is -0.170. The summed E-state index contributed by atoms with van der Waals surface area (Å²) in [6, 6.07) is 2.82.